The number of nitrogen functional groups attached to an aromatic ring is 1. The van der Waals surface area contributed by atoms with Crippen molar-refractivity contribution in [2.75, 3.05) is 38.6 Å². The number of ether oxygens (including phenoxy) is 2. The van der Waals surface area contributed by atoms with E-state index in [1.165, 1.54) is 0 Å². The van der Waals surface area contributed by atoms with Gasteiger partial charge in [-0.1, -0.05) is 41.9 Å². The number of aromatic nitrogens is 2. The first-order valence-electron chi connectivity index (χ1n) is 10.9. The summed E-state index contributed by atoms with van der Waals surface area (Å²) in [5, 5.41) is 7.63. The smallest absolute Gasteiger partial charge is 0.256 e. The molecule has 0 bridgehead atoms. The Hall–Kier alpha value is -3.56. The first kappa shape index (κ1) is 23.6. The predicted octanol–water partition coefficient (Wildman–Crippen LogP) is 2.33. The van der Waals surface area contributed by atoms with Gasteiger partial charge in [-0.15, -0.1) is 0 Å². The van der Waals surface area contributed by atoms with Gasteiger partial charge in [0.25, 0.3) is 5.91 Å². The Balaban J connectivity index is 1.27. The van der Waals surface area contributed by atoms with E-state index >= 15 is 0 Å². The van der Waals surface area contributed by atoms with Crippen molar-refractivity contribution in [3.05, 3.63) is 76.4 Å². The fourth-order valence-corrected chi connectivity index (χ4v) is 3.73. The van der Waals surface area contributed by atoms with Gasteiger partial charge in [0.2, 0.25) is 5.91 Å². The maximum atomic E-state index is 12.5. The van der Waals surface area contributed by atoms with E-state index in [-0.39, 0.29) is 24.2 Å². The molecule has 0 aliphatic carbocycles. The quantitative estimate of drug-likeness (QED) is 0.452. The lowest BCUT2D eigenvalue weighted by atomic mass is 10.1. The molecule has 0 spiro atoms. The molecule has 0 radical (unpaired) electrons. The zero-order valence-corrected chi connectivity index (χ0v) is 19.3. The van der Waals surface area contributed by atoms with Crippen molar-refractivity contribution in [3.8, 4) is 5.75 Å². The van der Waals surface area contributed by atoms with E-state index in [9.17, 15) is 9.59 Å². The fourth-order valence-electron chi connectivity index (χ4n) is 3.55. The zero-order valence-electron chi connectivity index (χ0n) is 18.6. The van der Waals surface area contributed by atoms with Crippen LogP contribution in [0.5, 0.6) is 5.75 Å². The highest BCUT2D eigenvalue weighted by Gasteiger charge is 2.18. The molecule has 9 nitrogen and oxygen atoms in total. The summed E-state index contributed by atoms with van der Waals surface area (Å²) >= 11 is 5.93. The Labute approximate surface area is 202 Å². The van der Waals surface area contributed by atoms with Crippen LogP contribution in [0.2, 0.25) is 5.02 Å². The Bertz CT molecular complexity index is 1150. The van der Waals surface area contributed by atoms with Gasteiger partial charge < -0.3 is 25.4 Å². The Kier molecular flexibility index (Phi) is 7.66. The third-order valence-corrected chi connectivity index (χ3v) is 5.55. The molecule has 0 saturated carbocycles. The molecule has 1 aromatic heterocycles. The number of hydrogen-bond donors (Lipinski definition) is 2. The fraction of sp³-hybridized carbons (Fsp3) is 0.292. The molecule has 1 saturated heterocycles. The average molecular weight is 484 g/mol. The second kappa shape index (κ2) is 11.0. The van der Waals surface area contributed by atoms with Crippen molar-refractivity contribution < 1.29 is 19.1 Å². The van der Waals surface area contributed by atoms with E-state index in [0.717, 1.165) is 11.1 Å². The van der Waals surface area contributed by atoms with Gasteiger partial charge in [-0.05, 0) is 29.3 Å². The second-order valence-electron chi connectivity index (χ2n) is 7.87. The summed E-state index contributed by atoms with van der Waals surface area (Å²) in [4.78, 5) is 26.2. The number of halogens is 1. The number of nitrogens with one attached hydrogen (secondary N) is 1. The largest absolute Gasteiger partial charge is 0.492 e. The van der Waals surface area contributed by atoms with Crippen molar-refractivity contribution in [2.24, 2.45) is 0 Å². The van der Waals surface area contributed by atoms with Crippen LogP contribution in [0.1, 0.15) is 21.5 Å². The number of rotatable bonds is 9. The summed E-state index contributed by atoms with van der Waals surface area (Å²) in [5.74, 6) is 0.487. The number of nitrogens with two attached hydrogens (primary N) is 1. The molecule has 3 aromatic rings. The summed E-state index contributed by atoms with van der Waals surface area (Å²) < 4.78 is 12.4. The summed E-state index contributed by atoms with van der Waals surface area (Å²) in [6, 6.07) is 15.0. The number of hydrogen-bond acceptors (Lipinski definition) is 6. The van der Waals surface area contributed by atoms with Crippen LogP contribution in [0.3, 0.4) is 0 Å². The van der Waals surface area contributed by atoms with E-state index in [4.69, 9.17) is 26.8 Å². The van der Waals surface area contributed by atoms with Gasteiger partial charge in [-0.3, -0.25) is 14.3 Å². The molecule has 178 valence electrons. The lowest BCUT2D eigenvalue weighted by molar-refractivity contribution is -0.143. The second-order valence-corrected chi connectivity index (χ2v) is 8.31. The maximum absolute atomic E-state index is 12.5. The molecular weight excluding hydrogens is 458 g/mol. The molecule has 34 heavy (non-hydrogen) atoms. The Morgan fingerprint density at radius 1 is 1.18 bits per heavy atom. The SMILES string of the molecule is Nc1nn(Cc2ccc(CN3CCOCC3=O)cc2)cc1C(=O)NCCOc1cccc(Cl)c1. The van der Waals surface area contributed by atoms with Gasteiger partial charge in [0, 0.05) is 24.3 Å². The van der Waals surface area contributed by atoms with E-state index in [2.05, 4.69) is 10.4 Å². The standard InChI is InChI=1S/C24H26ClN5O4/c25-19-2-1-3-20(12-19)34-10-8-27-24(32)21-15-30(28-23(21)26)14-18-6-4-17(5-7-18)13-29-9-11-33-16-22(29)31/h1-7,12,15H,8-11,13-14,16H2,(H2,26,28)(H,27,32). The van der Waals surface area contributed by atoms with Gasteiger partial charge >= 0.3 is 0 Å². The van der Waals surface area contributed by atoms with E-state index in [0.29, 0.717) is 55.7 Å². The predicted molar refractivity (Wildman–Crippen MR) is 128 cm³/mol. The first-order chi connectivity index (χ1) is 16.5. The van der Waals surface area contributed by atoms with Crippen molar-refractivity contribution in [3.63, 3.8) is 0 Å². The molecule has 2 heterocycles. The topological polar surface area (TPSA) is 112 Å². The minimum Gasteiger partial charge on any atom is -0.492 e. The van der Waals surface area contributed by atoms with Gasteiger partial charge in [-0.25, -0.2) is 0 Å². The van der Waals surface area contributed by atoms with Crippen LogP contribution < -0.4 is 15.8 Å². The normalized spacial score (nSPS) is 13.7. The van der Waals surface area contributed by atoms with Crippen LogP contribution in [0.25, 0.3) is 0 Å². The van der Waals surface area contributed by atoms with Crippen LogP contribution in [0.4, 0.5) is 5.82 Å². The minimum atomic E-state index is -0.316. The van der Waals surface area contributed by atoms with Gasteiger partial charge in [0.15, 0.2) is 5.82 Å². The van der Waals surface area contributed by atoms with Crippen molar-refractivity contribution in [2.45, 2.75) is 13.1 Å². The van der Waals surface area contributed by atoms with Crippen molar-refractivity contribution in [1.82, 2.24) is 20.0 Å². The number of carbonyl (C=O) groups excluding carboxylic acids is 2. The molecule has 2 aromatic carbocycles. The Morgan fingerprint density at radius 3 is 2.68 bits per heavy atom. The molecule has 0 unspecified atom stereocenters. The van der Waals surface area contributed by atoms with Crippen LogP contribution in [0, 0.1) is 0 Å². The molecule has 10 heteroatoms. The summed E-state index contributed by atoms with van der Waals surface area (Å²) in [6.07, 6.45) is 1.63. The molecule has 3 N–H and O–H groups in total. The molecule has 2 amide bonds. The molecule has 1 aliphatic rings. The monoisotopic (exact) mass is 483 g/mol. The number of morpholine rings is 1. The van der Waals surface area contributed by atoms with Gasteiger partial charge in [0.1, 0.15) is 24.5 Å². The van der Waals surface area contributed by atoms with Gasteiger partial charge in [-0.2, -0.15) is 5.10 Å². The maximum Gasteiger partial charge on any atom is 0.256 e. The Morgan fingerprint density at radius 2 is 1.94 bits per heavy atom. The molecular formula is C24H26ClN5O4. The van der Waals surface area contributed by atoms with Gasteiger partial charge in [0.05, 0.1) is 19.7 Å². The summed E-state index contributed by atoms with van der Waals surface area (Å²) in [7, 11) is 0. The van der Waals surface area contributed by atoms with Crippen molar-refractivity contribution in [1.29, 1.82) is 0 Å². The lowest BCUT2D eigenvalue weighted by Gasteiger charge is -2.26. The van der Waals surface area contributed by atoms with Crippen LogP contribution >= 0.6 is 11.6 Å². The number of carbonyl (C=O) groups is 2. The summed E-state index contributed by atoms with van der Waals surface area (Å²) in [5.41, 5.74) is 8.32. The van der Waals surface area contributed by atoms with Crippen LogP contribution in [-0.4, -0.2) is 59.4 Å². The zero-order chi connectivity index (χ0) is 23.9. The van der Waals surface area contributed by atoms with E-state index < -0.39 is 0 Å². The number of nitrogens with zero attached hydrogens (tertiary/aromatic N) is 3. The lowest BCUT2D eigenvalue weighted by Crippen LogP contribution is -2.40. The highest BCUT2D eigenvalue weighted by molar-refractivity contribution is 6.30. The van der Waals surface area contributed by atoms with Crippen molar-refractivity contribution >= 4 is 29.2 Å². The highest BCUT2D eigenvalue weighted by Crippen LogP contribution is 2.17. The average Bonchev–Trinajstić information content (AvgIpc) is 3.19. The number of benzene rings is 2. The molecule has 1 aliphatic heterocycles. The van der Waals surface area contributed by atoms with Crippen LogP contribution in [-0.2, 0) is 22.6 Å². The van der Waals surface area contributed by atoms with Crippen LogP contribution in [0.15, 0.2) is 54.7 Å². The first-order valence-corrected chi connectivity index (χ1v) is 11.3. The molecule has 0 atom stereocenters. The highest BCUT2D eigenvalue weighted by atomic mass is 35.5. The third kappa shape index (κ3) is 6.27. The number of amides is 2. The minimum absolute atomic E-state index is 0.00387. The van der Waals surface area contributed by atoms with E-state index in [1.54, 1.807) is 40.0 Å². The summed E-state index contributed by atoms with van der Waals surface area (Å²) in [6.45, 7) is 2.93. The number of anilines is 1. The third-order valence-electron chi connectivity index (χ3n) is 5.31. The van der Waals surface area contributed by atoms with E-state index in [1.807, 2.05) is 24.3 Å². The molecule has 4 rings (SSSR count). The molecule has 1 fully saturated rings.